The van der Waals surface area contributed by atoms with Crippen molar-refractivity contribution in [2.24, 2.45) is 0 Å². The van der Waals surface area contributed by atoms with Gasteiger partial charge in [-0.05, 0) is 41.8 Å². The highest BCUT2D eigenvalue weighted by Gasteiger charge is 2.07. The molecule has 0 aliphatic carbocycles. The molecule has 1 atom stereocenters. The van der Waals surface area contributed by atoms with Gasteiger partial charge >= 0.3 is 0 Å². The summed E-state index contributed by atoms with van der Waals surface area (Å²) in [5, 5.41) is 14.3. The lowest BCUT2D eigenvalue weighted by Gasteiger charge is -2.07. The van der Waals surface area contributed by atoms with E-state index in [1.165, 1.54) is 0 Å². The van der Waals surface area contributed by atoms with E-state index in [9.17, 15) is 5.11 Å². The van der Waals surface area contributed by atoms with Gasteiger partial charge in [0, 0.05) is 24.2 Å². The van der Waals surface area contributed by atoms with Crippen molar-refractivity contribution in [1.82, 2.24) is 14.8 Å². The summed E-state index contributed by atoms with van der Waals surface area (Å²) in [6, 6.07) is 14.3. The van der Waals surface area contributed by atoms with Crippen LogP contribution in [-0.2, 0) is 6.54 Å². The second kappa shape index (κ2) is 6.54. The smallest absolute Gasteiger partial charge is 0.0923 e. The minimum absolute atomic E-state index is 0.351. The minimum atomic E-state index is -0.351. The van der Waals surface area contributed by atoms with Gasteiger partial charge in [0.15, 0.2) is 0 Å². The van der Waals surface area contributed by atoms with Crippen molar-refractivity contribution in [3.8, 4) is 22.4 Å². The molecule has 2 heterocycles. The van der Waals surface area contributed by atoms with Crippen molar-refractivity contribution >= 4 is 0 Å². The van der Waals surface area contributed by atoms with Crippen molar-refractivity contribution in [3.63, 3.8) is 0 Å². The molecule has 0 saturated heterocycles. The van der Waals surface area contributed by atoms with E-state index in [2.05, 4.69) is 22.2 Å². The van der Waals surface area contributed by atoms with Crippen molar-refractivity contribution in [2.75, 3.05) is 0 Å². The van der Waals surface area contributed by atoms with Gasteiger partial charge in [-0.25, -0.2) is 0 Å². The van der Waals surface area contributed by atoms with Crippen LogP contribution in [0.4, 0.5) is 0 Å². The molecule has 0 bridgehead atoms. The molecule has 112 valence electrons. The van der Waals surface area contributed by atoms with Crippen LogP contribution in [0.3, 0.4) is 0 Å². The number of nitrogens with zero attached hydrogens (tertiary/aromatic N) is 3. The number of aromatic nitrogens is 3. The molecule has 0 aliphatic rings. The Hall–Kier alpha value is -2.46. The average molecular weight is 293 g/mol. The van der Waals surface area contributed by atoms with E-state index in [-0.39, 0.29) is 6.10 Å². The molecule has 0 radical (unpaired) electrons. The predicted octanol–water partition coefficient (Wildman–Crippen LogP) is 3.38. The van der Waals surface area contributed by atoms with E-state index in [0.717, 1.165) is 28.8 Å². The van der Waals surface area contributed by atoms with Gasteiger partial charge in [-0.1, -0.05) is 25.1 Å². The summed E-state index contributed by atoms with van der Waals surface area (Å²) in [6.45, 7) is 2.49. The van der Waals surface area contributed by atoms with Gasteiger partial charge in [0.05, 0.1) is 18.3 Å². The highest BCUT2D eigenvalue weighted by Crippen LogP contribution is 2.24. The van der Waals surface area contributed by atoms with Gasteiger partial charge in [0.25, 0.3) is 0 Å². The molecular formula is C18H19N3O. The Bertz CT molecular complexity index is 737. The molecule has 22 heavy (non-hydrogen) atoms. The number of hydrogen-bond donors (Lipinski definition) is 1. The lowest BCUT2D eigenvalue weighted by Crippen LogP contribution is -2.14. The third-order valence-electron chi connectivity index (χ3n) is 3.68. The van der Waals surface area contributed by atoms with Crippen molar-refractivity contribution in [2.45, 2.75) is 26.0 Å². The van der Waals surface area contributed by atoms with E-state index in [0.29, 0.717) is 6.54 Å². The summed E-state index contributed by atoms with van der Waals surface area (Å²) in [7, 11) is 0. The van der Waals surface area contributed by atoms with E-state index in [1.54, 1.807) is 17.1 Å². The summed E-state index contributed by atoms with van der Waals surface area (Å²) >= 11 is 0. The molecule has 1 aromatic carbocycles. The lowest BCUT2D eigenvalue weighted by molar-refractivity contribution is 0.145. The first-order valence-electron chi connectivity index (χ1n) is 7.48. The fourth-order valence-corrected chi connectivity index (χ4v) is 2.36. The zero-order valence-electron chi connectivity index (χ0n) is 12.6. The SMILES string of the molecule is CCC(O)Cn1ccc(-c2cccc(-c3ccncc3)c2)n1. The average Bonchev–Trinajstić information content (AvgIpc) is 3.04. The van der Waals surface area contributed by atoms with Crippen LogP contribution >= 0.6 is 0 Å². The number of hydrogen-bond acceptors (Lipinski definition) is 3. The highest BCUT2D eigenvalue weighted by atomic mass is 16.3. The van der Waals surface area contributed by atoms with Crippen LogP contribution in [0.5, 0.6) is 0 Å². The second-order valence-electron chi connectivity index (χ2n) is 5.30. The van der Waals surface area contributed by atoms with Crippen LogP contribution in [0.25, 0.3) is 22.4 Å². The van der Waals surface area contributed by atoms with E-state index in [1.807, 2.05) is 43.5 Å². The molecule has 1 N–H and O–H groups in total. The van der Waals surface area contributed by atoms with Crippen LogP contribution < -0.4 is 0 Å². The number of aliphatic hydroxyl groups is 1. The molecule has 4 heteroatoms. The fraction of sp³-hybridized carbons (Fsp3) is 0.222. The number of benzene rings is 1. The second-order valence-corrected chi connectivity index (χ2v) is 5.30. The van der Waals surface area contributed by atoms with Crippen LogP contribution in [0.15, 0.2) is 61.1 Å². The summed E-state index contributed by atoms with van der Waals surface area (Å²) in [5.74, 6) is 0. The highest BCUT2D eigenvalue weighted by molar-refractivity contribution is 5.70. The van der Waals surface area contributed by atoms with Crippen LogP contribution in [-0.4, -0.2) is 26.0 Å². The molecular weight excluding hydrogens is 274 g/mol. The Morgan fingerprint density at radius 1 is 1.05 bits per heavy atom. The molecule has 1 unspecified atom stereocenters. The minimum Gasteiger partial charge on any atom is -0.391 e. The number of rotatable bonds is 5. The van der Waals surface area contributed by atoms with E-state index < -0.39 is 0 Å². The molecule has 0 fully saturated rings. The normalized spacial score (nSPS) is 12.3. The summed E-state index contributed by atoms with van der Waals surface area (Å²) in [5.41, 5.74) is 4.26. The molecule has 3 aromatic rings. The topological polar surface area (TPSA) is 50.9 Å². The van der Waals surface area contributed by atoms with Gasteiger partial charge in [-0.15, -0.1) is 0 Å². The fourth-order valence-electron chi connectivity index (χ4n) is 2.36. The van der Waals surface area contributed by atoms with Crippen molar-refractivity contribution < 1.29 is 5.11 Å². The van der Waals surface area contributed by atoms with Crippen molar-refractivity contribution in [3.05, 3.63) is 61.1 Å². The maximum atomic E-state index is 9.72. The largest absolute Gasteiger partial charge is 0.391 e. The first-order chi connectivity index (χ1) is 10.8. The maximum Gasteiger partial charge on any atom is 0.0923 e. The standard InChI is InChI=1S/C18H19N3O/c1-2-17(22)13-21-11-8-18(20-21)16-5-3-4-15(12-16)14-6-9-19-10-7-14/h3-12,17,22H,2,13H2,1H3. The zero-order valence-corrected chi connectivity index (χ0v) is 12.6. The number of aliphatic hydroxyl groups excluding tert-OH is 1. The summed E-state index contributed by atoms with van der Waals surface area (Å²) in [6.07, 6.45) is 5.88. The zero-order chi connectivity index (χ0) is 15.4. The molecule has 0 aliphatic heterocycles. The van der Waals surface area contributed by atoms with Gasteiger partial charge in [-0.3, -0.25) is 9.67 Å². The van der Waals surface area contributed by atoms with E-state index >= 15 is 0 Å². The first kappa shape index (κ1) is 14.5. The molecule has 2 aromatic heterocycles. The Morgan fingerprint density at radius 2 is 1.82 bits per heavy atom. The Kier molecular flexibility index (Phi) is 4.30. The van der Waals surface area contributed by atoms with Gasteiger partial charge in [-0.2, -0.15) is 5.10 Å². The predicted molar refractivity (Wildman–Crippen MR) is 87.2 cm³/mol. The third-order valence-corrected chi connectivity index (χ3v) is 3.68. The molecule has 0 amide bonds. The molecule has 0 saturated carbocycles. The quantitative estimate of drug-likeness (QED) is 0.784. The summed E-state index contributed by atoms with van der Waals surface area (Å²) < 4.78 is 1.79. The summed E-state index contributed by atoms with van der Waals surface area (Å²) in [4.78, 5) is 4.05. The monoisotopic (exact) mass is 293 g/mol. The first-order valence-corrected chi connectivity index (χ1v) is 7.48. The Labute approximate surface area is 130 Å². The van der Waals surface area contributed by atoms with Crippen LogP contribution in [0, 0.1) is 0 Å². The van der Waals surface area contributed by atoms with Crippen LogP contribution in [0.2, 0.25) is 0 Å². The Balaban J connectivity index is 1.87. The van der Waals surface area contributed by atoms with Crippen LogP contribution in [0.1, 0.15) is 13.3 Å². The van der Waals surface area contributed by atoms with Gasteiger partial charge in [0.2, 0.25) is 0 Å². The van der Waals surface area contributed by atoms with Crippen molar-refractivity contribution in [1.29, 1.82) is 0 Å². The third kappa shape index (κ3) is 3.23. The number of pyridine rings is 1. The molecule has 4 nitrogen and oxygen atoms in total. The Morgan fingerprint density at radius 3 is 2.59 bits per heavy atom. The molecule has 3 rings (SSSR count). The lowest BCUT2D eigenvalue weighted by atomic mass is 10.0. The van der Waals surface area contributed by atoms with E-state index in [4.69, 9.17) is 0 Å². The van der Waals surface area contributed by atoms with Gasteiger partial charge < -0.3 is 5.11 Å². The maximum absolute atomic E-state index is 9.72. The molecule has 0 spiro atoms. The van der Waals surface area contributed by atoms with Gasteiger partial charge in [0.1, 0.15) is 0 Å².